The van der Waals surface area contributed by atoms with Gasteiger partial charge in [0.1, 0.15) is 12.0 Å². The molecular weight excluding hydrogens is 269 g/mol. The van der Waals surface area contributed by atoms with E-state index in [9.17, 15) is 13.2 Å². The first kappa shape index (κ1) is 13.4. The summed E-state index contributed by atoms with van der Waals surface area (Å²) in [7, 11) is 0. The lowest BCUT2D eigenvalue weighted by Gasteiger charge is -2.23. The van der Waals surface area contributed by atoms with Crippen molar-refractivity contribution in [2.24, 2.45) is 5.92 Å². The van der Waals surface area contributed by atoms with Crippen LogP contribution in [0.15, 0.2) is 18.7 Å². The average molecular weight is 284 g/mol. The van der Waals surface area contributed by atoms with Crippen LogP contribution in [0.4, 0.5) is 13.2 Å². The first-order chi connectivity index (χ1) is 9.55. The van der Waals surface area contributed by atoms with Crippen LogP contribution in [-0.2, 0) is 12.7 Å². The van der Waals surface area contributed by atoms with Crippen LogP contribution in [0.25, 0.3) is 11.0 Å². The third-order valence-corrected chi connectivity index (χ3v) is 3.76. The molecule has 2 aromatic rings. The summed E-state index contributed by atoms with van der Waals surface area (Å²) in [6.07, 6.45) is 1.29. The van der Waals surface area contributed by atoms with E-state index in [2.05, 4.69) is 15.3 Å². The van der Waals surface area contributed by atoms with Crippen LogP contribution in [-0.4, -0.2) is 27.6 Å². The first-order valence-corrected chi connectivity index (χ1v) is 6.62. The van der Waals surface area contributed by atoms with Gasteiger partial charge in [-0.25, -0.2) is 9.97 Å². The van der Waals surface area contributed by atoms with Gasteiger partial charge < -0.3 is 9.88 Å². The zero-order chi connectivity index (χ0) is 14.2. The molecule has 0 spiro atoms. The molecule has 3 rings (SSSR count). The number of fused-ring (bicyclic) bond motifs is 1. The van der Waals surface area contributed by atoms with Gasteiger partial charge in [0, 0.05) is 24.3 Å². The van der Waals surface area contributed by atoms with Crippen molar-refractivity contribution in [1.82, 2.24) is 19.9 Å². The van der Waals surface area contributed by atoms with Crippen molar-refractivity contribution in [3.63, 3.8) is 0 Å². The van der Waals surface area contributed by atoms with Gasteiger partial charge in [-0.15, -0.1) is 0 Å². The van der Waals surface area contributed by atoms with Crippen LogP contribution < -0.4 is 5.32 Å². The number of nitrogens with zero attached hydrogens (tertiary/aromatic N) is 3. The molecule has 0 bridgehead atoms. The minimum atomic E-state index is -4.37. The molecule has 1 aliphatic heterocycles. The van der Waals surface area contributed by atoms with Gasteiger partial charge in [0.25, 0.3) is 0 Å². The van der Waals surface area contributed by atoms with Gasteiger partial charge in [0.05, 0.1) is 5.56 Å². The molecule has 3 heterocycles. The van der Waals surface area contributed by atoms with Crippen molar-refractivity contribution in [2.45, 2.75) is 25.6 Å². The predicted octanol–water partition coefficient (Wildman–Crippen LogP) is 2.45. The lowest BCUT2D eigenvalue weighted by atomic mass is 9.98. The highest BCUT2D eigenvalue weighted by Crippen LogP contribution is 2.35. The number of piperidine rings is 1. The topological polar surface area (TPSA) is 42.7 Å². The number of nitrogens with one attached hydrogen (secondary N) is 1. The molecule has 2 aromatic heterocycles. The Morgan fingerprint density at radius 1 is 1.30 bits per heavy atom. The maximum atomic E-state index is 13.0. The molecule has 0 radical (unpaired) electrons. The molecule has 1 N–H and O–H groups in total. The Kier molecular flexibility index (Phi) is 3.37. The van der Waals surface area contributed by atoms with Crippen molar-refractivity contribution in [3.8, 4) is 0 Å². The second-order valence-corrected chi connectivity index (χ2v) is 5.15. The van der Waals surface area contributed by atoms with Gasteiger partial charge in [-0.1, -0.05) is 0 Å². The molecule has 4 nitrogen and oxygen atoms in total. The van der Waals surface area contributed by atoms with Gasteiger partial charge in [-0.3, -0.25) is 0 Å². The molecule has 0 amide bonds. The van der Waals surface area contributed by atoms with E-state index >= 15 is 0 Å². The molecule has 0 unspecified atom stereocenters. The lowest BCUT2D eigenvalue weighted by Crippen LogP contribution is -2.29. The third kappa shape index (κ3) is 2.49. The molecule has 7 heteroatoms. The fourth-order valence-electron chi connectivity index (χ4n) is 2.74. The Morgan fingerprint density at radius 2 is 2.05 bits per heavy atom. The second-order valence-electron chi connectivity index (χ2n) is 5.15. The Labute approximate surface area is 114 Å². The van der Waals surface area contributed by atoms with Gasteiger partial charge in [-0.2, -0.15) is 13.2 Å². The van der Waals surface area contributed by atoms with E-state index in [-0.39, 0.29) is 5.39 Å². The fourth-order valence-corrected chi connectivity index (χ4v) is 2.74. The van der Waals surface area contributed by atoms with E-state index in [0.29, 0.717) is 18.1 Å². The Bertz CT molecular complexity index is 599. The van der Waals surface area contributed by atoms with Crippen LogP contribution in [0.1, 0.15) is 18.4 Å². The van der Waals surface area contributed by atoms with Gasteiger partial charge in [0.2, 0.25) is 0 Å². The largest absolute Gasteiger partial charge is 0.418 e. The van der Waals surface area contributed by atoms with E-state index in [4.69, 9.17) is 0 Å². The molecule has 20 heavy (non-hydrogen) atoms. The van der Waals surface area contributed by atoms with Crippen LogP contribution in [0, 0.1) is 5.92 Å². The highest BCUT2D eigenvalue weighted by Gasteiger charge is 2.35. The third-order valence-electron chi connectivity index (χ3n) is 3.76. The predicted molar refractivity (Wildman–Crippen MR) is 68.1 cm³/mol. The van der Waals surface area contributed by atoms with Crippen molar-refractivity contribution in [1.29, 1.82) is 0 Å². The minimum absolute atomic E-state index is 0.0777. The normalized spacial score (nSPS) is 17.8. The number of hydrogen-bond acceptors (Lipinski definition) is 3. The molecule has 0 aromatic carbocycles. The highest BCUT2D eigenvalue weighted by molar-refractivity contribution is 5.80. The van der Waals surface area contributed by atoms with E-state index in [1.165, 1.54) is 18.7 Å². The lowest BCUT2D eigenvalue weighted by molar-refractivity contribution is -0.136. The van der Waals surface area contributed by atoms with Crippen LogP contribution >= 0.6 is 0 Å². The van der Waals surface area contributed by atoms with E-state index in [0.717, 1.165) is 25.9 Å². The zero-order valence-corrected chi connectivity index (χ0v) is 10.8. The summed E-state index contributed by atoms with van der Waals surface area (Å²) in [6.45, 7) is 2.42. The van der Waals surface area contributed by atoms with Gasteiger partial charge in [-0.05, 0) is 31.8 Å². The van der Waals surface area contributed by atoms with E-state index < -0.39 is 11.7 Å². The van der Waals surface area contributed by atoms with Crippen molar-refractivity contribution in [2.75, 3.05) is 13.1 Å². The summed E-state index contributed by atoms with van der Waals surface area (Å²) in [5.41, 5.74) is -0.284. The first-order valence-electron chi connectivity index (χ1n) is 6.62. The summed E-state index contributed by atoms with van der Waals surface area (Å²) < 4.78 is 40.7. The van der Waals surface area contributed by atoms with Crippen LogP contribution in [0.2, 0.25) is 0 Å². The standard InChI is InChI=1S/C13H15F3N4/c14-13(15,16)11-7-20(6-9-1-3-17-4-2-9)12-10(11)5-18-8-19-12/h5,7-9,17H,1-4,6H2. The van der Waals surface area contributed by atoms with Crippen molar-refractivity contribution in [3.05, 3.63) is 24.3 Å². The molecule has 0 atom stereocenters. The number of aromatic nitrogens is 3. The minimum Gasteiger partial charge on any atom is -0.332 e. The second kappa shape index (κ2) is 5.05. The van der Waals surface area contributed by atoms with E-state index in [1.807, 2.05) is 0 Å². The maximum absolute atomic E-state index is 13.0. The van der Waals surface area contributed by atoms with Crippen molar-refractivity contribution >= 4 is 11.0 Å². The molecule has 0 aliphatic carbocycles. The van der Waals surface area contributed by atoms with Crippen LogP contribution in [0.5, 0.6) is 0 Å². The zero-order valence-electron chi connectivity index (χ0n) is 10.8. The summed E-state index contributed by atoms with van der Waals surface area (Å²) >= 11 is 0. The molecule has 1 saturated heterocycles. The number of rotatable bonds is 2. The number of halogens is 3. The summed E-state index contributed by atoms with van der Waals surface area (Å²) in [4.78, 5) is 7.73. The maximum Gasteiger partial charge on any atom is 0.418 e. The van der Waals surface area contributed by atoms with Gasteiger partial charge in [0.15, 0.2) is 0 Å². The molecule has 1 fully saturated rings. The monoisotopic (exact) mass is 284 g/mol. The fraction of sp³-hybridized carbons (Fsp3) is 0.538. The Balaban J connectivity index is 1.98. The number of alkyl halides is 3. The molecule has 108 valence electrons. The molecule has 1 aliphatic rings. The van der Waals surface area contributed by atoms with Gasteiger partial charge >= 0.3 is 6.18 Å². The highest BCUT2D eigenvalue weighted by atomic mass is 19.4. The summed E-state index contributed by atoms with van der Waals surface area (Å²) in [5.74, 6) is 0.392. The summed E-state index contributed by atoms with van der Waals surface area (Å²) in [5, 5.41) is 3.33. The quantitative estimate of drug-likeness (QED) is 0.921. The smallest absolute Gasteiger partial charge is 0.332 e. The summed E-state index contributed by atoms with van der Waals surface area (Å²) in [6, 6.07) is 0. The Hall–Kier alpha value is -1.63. The number of hydrogen-bond donors (Lipinski definition) is 1. The Morgan fingerprint density at radius 3 is 2.75 bits per heavy atom. The molecule has 0 saturated carbocycles. The van der Waals surface area contributed by atoms with Crippen molar-refractivity contribution < 1.29 is 13.2 Å². The SMILES string of the molecule is FC(F)(F)c1cn(CC2CCNCC2)c2ncncc12. The van der Waals surface area contributed by atoms with E-state index in [1.54, 1.807) is 4.57 Å². The molecular formula is C13H15F3N4. The van der Waals surface area contributed by atoms with Crippen LogP contribution in [0.3, 0.4) is 0 Å². The average Bonchev–Trinajstić information content (AvgIpc) is 2.79.